The van der Waals surface area contributed by atoms with Gasteiger partial charge in [0, 0.05) is 23.5 Å². The Labute approximate surface area is 95.6 Å². The molecule has 16 heavy (non-hydrogen) atoms. The van der Waals surface area contributed by atoms with Crippen LogP contribution in [-0.2, 0) is 6.54 Å². The molecule has 1 saturated carbocycles. The Kier molecular flexibility index (Phi) is 2.25. The molecule has 1 heterocycles. The molecule has 1 N–H and O–H groups in total. The van der Waals surface area contributed by atoms with E-state index in [9.17, 15) is 0 Å². The highest BCUT2D eigenvalue weighted by molar-refractivity contribution is 5.82. The van der Waals surface area contributed by atoms with Crippen LogP contribution in [0.3, 0.4) is 0 Å². The largest absolute Gasteiger partial charge is 0.461 e. The van der Waals surface area contributed by atoms with Gasteiger partial charge >= 0.3 is 0 Å². The highest BCUT2D eigenvalue weighted by Crippen LogP contribution is 2.31. The van der Waals surface area contributed by atoms with E-state index in [0.717, 1.165) is 23.8 Å². The lowest BCUT2D eigenvalue weighted by Gasteiger charge is -2.02. The van der Waals surface area contributed by atoms with Crippen molar-refractivity contribution >= 4 is 11.0 Å². The summed E-state index contributed by atoms with van der Waals surface area (Å²) in [6.07, 6.45) is 1.31. The van der Waals surface area contributed by atoms with Gasteiger partial charge < -0.3 is 9.73 Å². The third-order valence-electron chi connectivity index (χ3n) is 3.55. The van der Waals surface area contributed by atoms with Gasteiger partial charge in [-0.2, -0.15) is 0 Å². The molecule has 0 radical (unpaired) electrons. The fraction of sp³-hybridized carbons (Fsp3) is 0.429. The number of hydrogen-bond acceptors (Lipinski definition) is 2. The van der Waals surface area contributed by atoms with E-state index in [0.29, 0.717) is 6.04 Å². The number of fused-ring (bicyclic) bond motifs is 1. The maximum Gasteiger partial charge on any atom is 0.134 e. The molecular formula is C14H17NO. The second-order valence-corrected chi connectivity index (χ2v) is 4.83. The number of aryl methyl sites for hydroxylation is 1. The summed E-state index contributed by atoms with van der Waals surface area (Å²) < 4.78 is 5.74. The molecule has 2 unspecified atom stereocenters. The molecule has 2 heteroatoms. The number of benzene rings is 1. The summed E-state index contributed by atoms with van der Waals surface area (Å²) in [5, 5.41) is 4.83. The molecule has 2 aromatic rings. The van der Waals surface area contributed by atoms with Crippen LogP contribution in [0, 0.1) is 12.8 Å². The molecule has 1 aromatic heterocycles. The minimum absolute atomic E-state index is 0.716. The first kappa shape index (κ1) is 9.91. The quantitative estimate of drug-likeness (QED) is 0.850. The first-order valence-corrected chi connectivity index (χ1v) is 5.96. The second-order valence-electron chi connectivity index (χ2n) is 4.83. The molecule has 0 saturated heterocycles. The molecule has 84 valence electrons. The van der Waals surface area contributed by atoms with E-state index >= 15 is 0 Å². The van der Waals surface area contributed by atoms with Gasteiger partial charge in [-0.05, 0) is 25.3 Å². The molecule has 1 aliphatic rings. The summed E-state index contributed by atoms with van der Waals surface area (Å²) >= 11 is 0. The predicted octanol–water partition coefficient (Wildman–Crippen LogP) is 3.24. The van der Waals surface area contributed by atoms with Crippen molar-refractivity contribution in [3.05, 3.63) is 35.6 Å². The minimum Gasteiger partial charge on any atom is -0.461 e. The summed E-state index contributed by atoms with van der Waals surface area (Å²) in [5.74, 6) is 1.89. The lowest BCUT2D eigenvalue weighted by Crippen LogP contribution is -2.17. The summed E-state index contributed by atoms with van der Waals surface area (Å²) in [4.78, 5) is 0. The highest BCUT2D eigenvalue weighted by atomic mass is 16.3. The molecular weight excluding hydrogens is 198 g/mol. The SMILES string of the molecule is Cc1oc2ccccc2c1CNC1CC1C. The van der Waals surface area contributed by atoms with Crippen LogP contribution in [0.5, 0.6) is 0 Å². The zero-order chi connectivity index (χ0) is 11.1. The van der Waals surface area contributed by atoms with Crippen molar-refractivity contribution in [2.24, 2.45) is 5.92 Å². The van der Waals surface area contributed by atoms with Crippen molar-refractivity contribution in [3.8, 4) is 0 Å². The van der Waals surface area contributed by atoms with Crippen LogP contribution in [0.1, 0.15) is 24.7 Å². The third-order valence-corrected chi connectivity index (χ3v) is 3.55. The van der Waals surface area contributed by atoms with Crippen molar-refractivity contribution in [3.63, 3.8) is 0 Å². The first-order chi connectivity index (χ1) is 7.75. The Hall–Kier alpha value is -1.28. The van der Waals surface area contributed by atoms with Crippen LogP contribution in [-0.4, -0.2) is 6.04 Å². The molecule has 0 amide bonds. The van der Waals surface area contributed by atoms with Gasteiger partial charge in [0.1, 0.15) is 11.3 Å². The predicted molar refractivity (Wildman–Crippen MR) is 65.4 cm³/mol. The molecule has 0 bridgehead atoms. The zero-order valence-electron chi connectivity index (χ0n) is 9.79. The third kappa shape index (κ3) is 1.63. The highest BCUT2D eigenvalue weighted by Gasteiger charge is 2.32. The summed E-state index contributed by atoms with van der Waals surface area (Å²) in [6, 6.07) is 8.98. The number of para-hydroxylation sites is 1. The molecule has 0 spiro atoms. The monoisotopic (exact) mass is 215 g/mol. The fourth-order valence-electron chi connectivity index (χ4n) is 2.28. The van der Waals surface area contributed by atoms with E-state index in [1.165, 1.54) is 17.4 Å². The lowest BCUT2D eigenvalue weighted by atomic mass is 10.1. The molecule has 0 aliphatic heterocycles. The van der Waals surface area contributed by atoms with Gasteiger partial charge in [-0.3, -0.25) is 0 Å². The van der Waals surface area contributed by atoms with E-state index < -0.39 is 0 Å². The van der Waals surface area contributed by atoms with Crippen LogP contribution >= 0.6 is 0 Å². The first-order valence-electron chi connectivity index (χ1n) is 5.96. The van der Waals surface area contributed by atoms with Gasteiger partial charge in [0.2, 0.25) is 0 Å². The van der Waals surface area contributed by atoms with Gasteiger partial charge in [-0.1, -0.05) is 25.1 Å². The summed E-state index contributed by atoms with van der Waals surface area (Å²) in [6.45, 7) is 5.27. The Morgan fingerprint density at radius 3 is 2.88 bits per heavy atom. The average Bonchev–Trinajstić information content (AvgIpc) is 2.88. The van der Waals surface area contributed by atoms with Crippen molar-refractivity contribution in [1.82, 2.24) is 5.32 Å². The lowest BCUT2D eigenvalue weighted by molar-refractivity contribution is 0.562. The number of nitrogens with one attached hydrogen (secondary N) is 1. The number of furan rings is 1. The standard InChI is InChI=1S/C14H17NO/c1-9-7-13(9)15-8-12-10(2)16-14-6-4-3-5-11(12)14/h3-6,9,13,15H,7-8H2,1-2H3. The summed E-state index contributed by atoms with van der Waals surface area (Å²) in [7, 11) is 0. The van der Waals surface area contributed by atoms with E-state index in [2.05, 4.69) is 24.4 Å². The zero-order valence-corrected chi connectivity index (χ0v) is 9.79. The van der Waals surface area contributed by atoms with Crippen molar-refractivity contribution < 1.29 is 4.42 Å². The normalized spacial score (nSPS) is 23.9. The van der Waals surface area contributed by atoms with E-state index in [1.807, 2.05) is 19.1 Å². The Morgan fingerprint density at radius 1 is 1.38 bits per heavy atom. The van der Waals surface area contributed by atoms with Crippen molar-refractivity contribution in [2.75, 3.05) is 0 Å². The van der Waals surface area contributed by atoms with Crippen LogP contribution in [0.2, 0.25) is 0 Å². The van der Waals surface area contributed by atoms with Gasteiger partial charge in [0.15, 0.2) is 0 Å². The number of hydrogen-bond donors (Lipinski definition) is 1. The molecule has 2 nitrogen and oxygen atoms in total. The fourth-order valence-corrected chi connectivity index (χ4v) is 2.28. The second kappa shape index (κ2) is 3.63. The van der Waals surface area contributed by atoms with Gasteiger partial charge in [-0.15, -0.1) is 0 Å². The van der Waals surface area contributed by atoms with Gasteiger partial charge in [0.25, 0.3) is 0 Å². The smallest absolute Gasteiger partial charge is 0.134 e. The van der Waals surface area contributed by atoms with Crippen molar-refractivity contribution in [2.45, 2.75) is 32.9 Å². The van der Waals surface area contributed by atoms with Gasteiger partial charge in [0.05, 0.1) is 0 Å². The van der Waals surface area contributed by atoms with Crippen LogP contribution in [0.25, 0.3) is 11.0 Å². The van der Waals surface area contributed by atoms with E-state index in [4.69, 9.17) is 4.42 Å². The van der Waals surface area contributed by atoms with Crippen LogP contribution in [0.4, 0.5) is 0 Å². The van der Waals surface area contributed by atoms with Crippen LogP contribution in [0.15, 0.2) is 28.7 Å². The molecule has 3 rings (SSSR count). The molecule has 2 atom stereocenters. The maximum absolute atomic E-state index is 5.74. The number of rotatable bonds is 3. The topological polar surface area (TPSA) is 25.2 Å². The van der Waals surface area contributed by atoms with Gasteiger partial charge in [-0.25, -0.2) is 0 Å². The molecule has 1 aliphatic carbocycles. The van der Waals surface area contributed by atoms with E-state index in [1.54, 1.807) is 0 Å². The molecule has 1 aromatic carbocycles. The Balaban J connectivity index is 1.87. The summed E-state index contributed by atoms with van der Waals surface area (Å²) in [5.41, 5.74) is 2.32. The molecule has 1 fully saturated rings. The Morgan fingerprint density at radius 2 is 2.12 bits per heavy atom. The van der Waals surface area contributed by atoms with Crippen molar-refractivity contribution in [1.29, 1.82) is 0 Å². The van der Waals surface area contributed by atoms with E-state index in [-0.39, 0.29) is 0 Å². The average molecular weight is 215 g/mol. The Bertz CT molecular complexity index is 514. The van der Waals surface area contributed by atoms with Crippen LogP contribution < -0.4 is 5.32 Å². The maximum atomic E-state index is 5.74. The minimum atomic E-state index is 0.716.